The molecule has 1 atom stereocenters. The average Bonchev–Trinajstić information content (AvgIpc) is 3.19. The maximum atomic E-state index is 13.0. The summed E-state index contributed by atoms with van der Waals surface area (Å²) in [6.45, 7) is 2.44. The maximum Gasteiger partial charge on any atom is 0.257 e. The van der Waals surface area contributed by atoms with Crippen molar-refractivity contribution in [2.75, 3.05) is 47.0 Å². The molecule has 2 fully saturated rings. The summed E-state index contributed by atoms with van der Waals surface area (Å²) in [7, 11) is 0.681. The van der Waals surface area contributed by atoms with Crippen LogP contribution in [0.25, 0.3) is 0 Å². The Bertz CT molecular complexity index is 996. The molecule has 1 N–H and O–H groups in total. The predicted octanol–water partition coefficient (Wildman–Crippen LogP) is 4.73. The number of ether oxygens (including phenoxy) is 1. The number of methoxy groups -OCH3 is 1. The first kappa shape index (κ1) is 22.4. The first-order valence-corrected chi connectivity index (χ1v) is 12.3. The quantitative estimate of drug-likeness (QED) is 0.669. The largest absolute Gasteiger partial charge is 0.381 e. The molecule has 1 amide bonds. The third-order valence-corrected chi connectivity index (χ3v) is 7.76. The molecule has 1 unspecified atom stereocenters. The summed E-state index contributed by atoms with van der Waals surface area (Å²) in [6, 6.07) is 10.7. The highest BCUT2D eigenvalue weighted by molar-refractivity contribution is 7.86. The zero-order valence-electron chi connectivity index (χ0n) is 17.3. The van der Waals surface area contributed by atoms with Gasteiger partial charge in [-0.2, -0.15) is 0 Å². The molecule has 2 aromatic rings. The van der Waals surface area contributed by atoms with E-state index in [1.54, 1.807) is 35.7 Å². The zero-order chi connectivity index (χ0) is 22.0. The second-order valence-corrected chi connectivity index (χ2v) is 10.1. The van der Waals surface area contributed by atoms with Crippen molar-refractivity contribution in [3.05, 3.63) is 52.0 Å². The van der Waals surface area contributed by atoms with Crippen LogP contribution in [0.1, 0.15) is 29.6 Å². The van der Waals surface area contributed by atoms with Crippen LogP contribution >= 0.6 is 23.2 Å². The van der Waals surface area contributed by atoms with Gasteiger partial charge in [0.25, 0.3) is 5.91 Å². The minimum Gasteiger partial charge on any atom is -0.381 e. The monoisotopic (exact) mass is 481 g/mol. The number of carbonyl (C=O) groups excluding carboxylic acids is 1. The second kappa shape index (κ2) is 9.77. The molecule has 0 aliphatic carbocycles. The fraction of sp³-hybridized carbons (Fsp3) is 0.409. The highest BCUT2D eigenvalue weighted by atomic mass is 35.5. The fourth-order valence-electron chi connectivity index (χ4n) is 4.01. The average molecular weight is 482 g/mol. The Morgan fingerprint density at radius 1 is 1.10 bits per heavy atom. The Morgan fingerprint density at radius 2 is 1.87 bits per heavy atom. The van der Waals surface area contributed by atoms with Crippen LogP contribution in [0.2, 0.25) is 10.0 Å². The Hall–Kier alpha value is -1.80. The lowest BCUT2D eigenvalue weighted by atomic mass is 10.1. The number of anilines is 3. The van der Waals surface area contributed by atoms with Gasteiger partial charge in [-0.15, -0.1) is 0 Å². The standard InChI is InChI=1S/C22H25Cl2N3O3S/c1-30-19-5-8-26(9-6-19)18-12-15(23)11-16(13-18)25-22(28)20-14-17(3-4-21(20)24)27-7-2-10-31(27)29/h3-4,11-14,19H,2,5-10H2,1H3,(H,25,28). The molecular formula is C22H25Cl2N3O3S. The van der Waals surface area contributed by atoms with Gasteiger partial charge in [-0.05, 0) is 55.7 Å². The third-order valence-electron chi connectivity index (χ3n) is 5.69. The van der Waals surface area contributed by atoms with Crippen molar-refractivity contribution in [2.24, 2.45) is 0 Å². The zero-order valence-corrected chi connectivity index (χ0v) is 19.6. The number of benzene rings is 2. The van der Waals surface area contributed by atoms with E-state index in [-0.39, 0.29) is 12.0 Å². The van der Waals surface area contributed by atoms with Gasteiger partial charge >= 0.3 is 0 Å². The van der Waals surface area contributed by atoms with Gasteiger partial charge in [0, 0.05) is 48.9 Å². The molecule has 2 heterocycles. The molecule has 6 nitrogen and oxygen atoms in total. The lowest BCUT2D eigenvalue weighted by Gasteiger charge is -2.33. The van der Waals surface area contributed by atoms with Gasteiger partial charge in [0.05, 0.1) is 22.4 Å². The second-order valence-electron chi connectivity index (χ2n) is 7.72. The SMILES string of the molecule is COC1CCN(c2cc(Cl)cc(NC(=O)c3cc(N4CCCS4=O)ccc3Cl)c2)CC1. The third kappa shape index (κ3) is 5.17. The van der Waals surface area contributed by atoms with Gasteiger partial charge < -0.3 is 15.0 Å². The molecule has 2 aromatic carbocycles. The van der Waals surface area contributed by atoms with Gasteiger partial charge in [-0.3, -0.25) is 9.10 Å². The van der Waals surface area contributed by atoms with Crippen molar-refractivity contribution in [1.29, 1.82) is 0 Å². The number of hydrogen-bond donors (Lipinski definition) is 1. The van der Waals surface area contributed by atoms with Crippen molar-refractivity contribution < 1.29 is 13.7 Å². The molecule has 0 radical (unpaired) electrons. The smallest absolute Gasteiger partial charge is 0.257 e. The molecule has 31 heavy (non-hydrogen) atoms. The number of nitrogens with zero attached hydrogens (tertiary/aromatic N) is 2. The summed E-state index contributed by atoms with van der Waals surface area (Å²) >= 11 is 12.7. The Kier molecular flexibility index (Phi) is 7.06. The number of halogens is 2. The van der Waals surface area contributed by atoms with Crippen LogP contribution in [0.15, 0.2) is 36.4 Å². The topological polar surface area (TPSA) is 61.9 Å². The maximum absolute atomic E-state index is 13.0. The van der Waals surface area contributed by atoms with Crippen LogP contribution in [-0.2, 0) is 15.7 Å². The first-order valence-electron chi connectivity index (χ1n) is 10.3. The summed E-state index contributed by atoms with van der Waals surface area (Å²) < 4.78 is 19.4. The van der Waals surface area contributed by atoms with E-state index in [2.05, 4.69) is 10.2 Å². The number of rotatable bonds is 5. The predicted molar refractivity (Wildman–Crippen MR) is 128 cm³/mol. The van der Waals surface area contributed by atoms with Crippen molar-refractivity contribution >= 4 is 57.2 Å². The first-order chi connectivity index (χ1) is 14.9. The summed E-state index contributed by atoms with van der Waals surface area (Å²) in [6.07, 6.45) is 3.05. The molecule has 4 rings (SSSR count). The molecule has 2 aliphatic rings. The van der Waals surface area contributed by atoms with Crippen molar-refractivity contribution in [2.45, 2.75) is 25.4 Å². The Balaban J connectivity index is 1.52. The minimum atomic E-state index is -1.06. The lowest BCUT2D eigenvalue weighted by Crippen LogP contribution is -2.36. The van der Waals surface area contributed by atoms with E-state index in [1.165, 1.54) is 0 Å². The minimum absolute atomic E-state index is 0.286. The van der Waals surface area contributed by atoms with Gasteiger partial charge in [-0.1, -0.05) is 23.2 Å². The Labute approximate surface area is 195 Å². The van der Waals surface area contributed by atoms with E-state index in [4.69, 9.17) is 27.9 Å². The lowest BCUT2D eigenvalue weighted by molar-refractivity contribution is 0.0819. The summed E-state index contributed by atoms with van der Waals surface area (Å²) in [5, 5.41) is 3.81. The van der Waals surface area contributed by atoms with Crippen LogP contribution in [0.5, 0.6) is 0 Å². The Morgan fingerprint density at radius 3 is 2.55 bits per heavy atom. The molecule has 2 saturated heterocycles. The van der Waals surface area contributed by atoms with Crippen LogP contribution < -0.4 is 14.5 Å². The van der Waals surface area contributed by atoms with Crippen LogP contribution in [0, 0.1) is 0 Å². The van der Waals surface area contributed by atoms with Crippen LogP contribution in [0.4, 0.5) is 17.1 Å². The van der Waals surface area contributed by atoms with Gasteiger partial charge in [0.2, 0.25) is 0 Å². The van der Waals surface area contributed by atoms with Gasteiger partial charge in [-0.25, -0.2) is 4.21 Å². The van der Waals surface area contributed by atoms with E-state index in [0.29, 0.717) is 33.6 Å². The van der Waals surface area contributed by atoms with Gasteiger partial charge in [0.1, 0.15) is 11.0 Å². The molecule has 0 saturated carbocycles. The summed E-state index contributed by atoms with van der Waals surface area (Å²) in [5.41, 5.74) is 2.64. The number of carbonyl (C=O) groups is 1. The van der Waals surface area contributed by atoms with E-state index < -0.39 is 11.0 Å². The molecule has 0 aromatic heterocycles. The highest BCUT2D eigenvalue weighted by Gasteiger charge is 2.23. The van der Waals surface area contributed by atoms with Crippen LogP contribution in [-0.4, -0.2) is 48.7 Å². The fourth-order valence-corrected chi connectivity index (χ4v) is 5.72. The normalized spacial score (nSPS) is 19.6. The molecule has 2 aliphatic heterocycles. The molecular weight excluding hydrogens is 457 g/mol. The van der Waals surface area contributed by atoms with E-state index in [9.17, 15) is 9.00 Å². The highest BCUT2D eigenvalue weighted by Crippen LogP contribution is 2.30. The molecule has 9 heteroatoms. The van der Waals surface area contributed by atoms with E-state index in [1.807, 2.05) is 12.1 Å². The van der Waals surface area contributed by atoms with E-state index in [0.717, 1.165) is 43.7 Å². The van der Waals surface area contributed by atoms with Crippen molar-refractivity contribution in [3.8, 4) is 0 Å². The summed E-state index contributed by atoms with van der Waals surface area (Å²) in [5.74, 6) is 0.306. The molecule has 166 valence electrons. The van der Waals surface area contributed by atoms with Crippen LogP contribution in [0.3, 0.4) is 0 Å². The number of nitrogens with one attached hydrogen (secondary N) is 1. The molecule has 0 spiro atoms. The number of hydrogen-bond acceptors (Lipinski definition) is 4. The van der Waals surface area contributed by atoms with E-state index >= 15 is 0 Å². The molecule has 0 bridgehead atoms. The van der Waals surface area contributed by atoms with Gasteiger partial charge in [0.15, 0.2) is 0 Å². The number of piperidine rings is 1. The number of amides is 1. The van der Waals surface area contributed by atoms with Crippen molar-refractivity contribution in [1.82, 2.24) is 0 Å². The van der Waals surface area contributed by atoms with Crippen molar-refractivity contribution in [3.63, 3.8) is 0 Å². The summed E-state index contributed by atoms with van der Waals surface area (Å²) in [4.78, 5) is 15.2.